The molecule has 0 radical (unpaired) electrons. The lowest BCUT2D eigenvalue weighted by Gasteiger charge is -2.36. The molecule has 144 valence electrons. The Labute approximate surface area is 158 Å². The molecule has 8 heteroatoms. The molecule has 27 heavy (non-hydrogen) atoms. The van der Waals surface area contributed by atoms with Crippen LogP contribution in [0.1, 0.15) is 21.9 Å². The first kappa shape index (κ1) is 17.8. The van der Waals surface area contributed by atoms with Gasteiger partial charge in [-0.05, 0) is 19.9 Å². The summed E-state index contributed by atoms with van der Waals surface area (Å²) in [5, 5.41) is 0. The van der Waals surface area contributed by atoms with Crippen molar-refractivity contribution in [3.63, 3.8) is 0 Å². The minimum absolute atomic E-state index is 0.0423. The fourth-order valence-corrected chi connectivity index (χ4v) is 3.63. The van der Waals surface area contributed by atoms with Gasteiger partial charge in [-0.15, -0.1) is 0 Å². The summed E-state index contributed by atoms with van der Waals surface area (Å²) in [6.45, 7) is 9.69. The van der Waals surface area contributed by atoms with Crippen LogP contribution >= 0.6 is 0 Å². The van der Waals surface area contributed by atoms with Gasteiger partial charge >= 0.3 is 0 Å². The summed E-state index contributed by atoms with van der Waals surface area (Å²) in [7, 11) is 0. The first-order chi connectivity index (χ1) is 13.1. The molecular weight excluding hydrogens is 346 g/mol. The lowest BCUT2D eigenvalue weighted by Crippen LogP contribution is -2.49. The second-order valence-electron chi connectivity index (χ2n) is 6.94. The van der Waals surface area contributed by atoms with Gasteiger partial charge in [0.2, 0.25) is 0 Å². The van der Waals surface area contributed by atoms with Gasteiger partial charge in [0.1, 0.15) is 29.5 Å². The van der Waals surface area contributed by atoms with E-state index in [-0.39, 0.29) is 5.91 Å². The maximum atomic E-state index is 12.7. The highest BCUT2D eigenvalue weighted by Gasteiger charge is 2.25. The number of hydrogen-bond donors (Lipinski definition) is 0. The minimum Gasteiger partial charge on any atom is -0.466 e. The van der Waals surface area contributed by atoms with E-state index in [1.165, 1.54) is 0 Å². The number of ether oxygens (including phenoxy) is 1. The Morgan fingerprint density at radius 2 is 1.56 bits per heavy atom. The van der Waals surface area contributed by atoms with E-state index in [1.807, 2.05) is 30.9 Å². The molecule has 4 heterocycles. The number of morpholine rings is 1. The van der Waals surface area contributed by atoms with Crippen molar-refractivity contribution < 1.29 is 13.9 Å². The predicted molar refractivity (Wildman–Crippen MR) is 101 cm³/mol. The summed E-state index contributed by atoms with van der Waals surface area (Å²) in [5.74, 6) is 3.35. The molecule has 1 amide bonds. The fraction of sp³-hybridized carbons (Fsp3) is 0.526. The molecule has 8 nitrogen and oxygen atoms in total. The molecule has 0 aliphatic carbocycles. The number of amides is 1. The highest BCUT2D eigenvalue weighted by atomic mass is 16.5. The van der Waals surface area contributed by atoms with E-state index < -0.39 is 0 Å². The summed E-state index contributed by atoms with van der Waals surface area (Å²) in [6, 6.07) is 3.86. The van der Waals surface area contributed by atoms with Crippen LogP contribution < -0.4 is 9.80 Å². The maximum absolute atomic E-state index is 12.7. The molecular formula is C19H25N5O3. The summed E-state index contributed by atoms with van der Waals surface area (Å²) < 4.78 is 10.9. The minimum atomic E-state index is 0.0423. The smallest absolute Gasteiger partial charge is 0.257 e. The van der Waals surface area contributed by atoms with Crippen LogP contribution in [0, 0.1) is 13.8 Å². The van der Waals surface area contributed by atoms with Gasteiger partial charge < -0.3 is 23.9 Å². The lowest BCUT2D eigenvalue weighted by atomic mass is 10.2. The van der Waals surface area contributed by atoms with E-state index in [1.54, 1.807) is 6.33 Å². The van der Waals surface area contributed by atoms with Crippen LogP contribution in [0.3, 0.4) is 0 Å². The third-order valence-corrected chi connectivity index (χ3v) is 5.14. The average Bonchev–Trinajstić information content (AvgIpc) is 3.06. The zero-order chi connectivity index (χ0) is 18.8. The van der Waals surface area contributed by atoms with E-state index in [0.717, 1.165) is 56.8 Å². The first-order valence-corrected chi connectivity index (χ1v) is 9.38. The standard InChI is InChI=1S/C19H25N5O3/c1-14-11-16(15(2)27-14)19(25)24-5-3-22(4-6-24)17-12-18(21-13-20-17)23-7-9-26-10-8-23/h11-13H,3-10H2,1-2H3. The van der Waals surface area contributed by atoms with E-state index in [9.17, 15) is 4.79 Å². The Balaban J connectivity index is 1.40. The molecule has 4 rings (SSSR count). The number of nitrogens with zero attached hydrogens (tertiary/aromatic N) is 5. The van der Waals surface area contributed by atoms with Gasteiger partial charge in [0.25, 0.3) is 5.91 Å². The van der Waals surface area contributed by atoms with Crippen LogP contribution in [0.15, 0.2) is 22.9 Å². The average molecular weight is 371 g/mol. The van der Waals surface area contributed by atoms with Crippen molar-refractivity contribution in [3.05, 3.63) is 35.5 Å². The van der Waals surface area contributed by atoms with Crippen molar-refractivity contribution in [1.82, 2.24) is 14.9 Å². The van der Waals surface area contributed by atoms with Gasteiger partial charge in [0.05, 0.1) is 18.8 Å². The number of carbonyl (C=O) groups excluding carboxylic acids is 1. The van der Waals surface area contributed by atoms with Crippen LogP contribution in [-0.4, -0.2) is 73.3 Å². The van der Waals surface area contributed by atoms with Crippen LogP contribution in [0.25, 0.3) is 0 Å². The van der Waals surface area contributed by atoms with E-state index in [4.69, 9.17) is 9.15 Å². The molecule has 2 saturated heterocycles. The molecule has 0 bridgehead atoms. The van der Waals surface area contributed by atoms with Crippen LogP contribution in [0.5, 0.6) is 0 Å². The van der Waals surface area contributed by atoms with Crippen LogP contribution in [0.2, 0.25) is 0 Å². The van der Waals surface area contributed by atoms with Crippen molar-refractivity contribution >= 4 is 17.5 Å². The monoisotopic (exact) mass is 371 g/mol. The third kappa shape index (κ3) is 3.75. The summed E-state index contributed by atoms with van der Waals surface area (Å²) >= 11 is 0. The molecule has 0 aromatic carbocycles. The lowest BCUT2D eigenvalue weighted by molar-refractivity contribution is 0.0744. The number of aromatic nitrogens is 2. The number of aryl methyl sites for hydroxylation is 2. The molecule has 0 spiro atoms. The van der Waals surface area contributed by atoms with Gasteiger partial charge in [-0.25, -0.2) is 9.97 Å². The molecule has 0 saturated carbocycles. The third-order valence-electron chi connectivity index (χ3n) is 5.14. The molecule has 2 aromatic heterocycles. The summed E-state index contributed by atoms with van der Waals surface area (Å²) in [5.41, 5.74) is 0.664. The molecule has 2 aromatic rings. The van der Waals surface area contributed by atoms with Crippen molar-refractivity contribution in [2.75, 3.05) is 62.3 Å². The van der Waals surface area contributed by atoms with Crippen molar-refractivity contribution in [1.29, 1.82) is 0 Å². The molecule has 0 atom stereocenters. The van der Waals surface area contributed by atoms with E-state index in [0.29, 0.717) is 24.4 Å². The molecule has 2 aliphatic heterocycles. The molecule has 2 aliphatic rings. The zero-order valence-corrected chi connectivity index (χ0v) is 15.8. The first-order valence-electron chi connectivity index (χ1n) is 9.38. The number of carbonyl (C=O) groups is 1. The fourth-order valence-electron chi connectivity index (χ4n) is 3.63. The summed E-state index contributed by atoms with van der Waals surface area (Å²) in [4.78, 5) is 27.9. The molecule has 0 unspecified atom stereocenters. The SMILES string of the molecule is Cc1cc(C(=O)N2CCN(c3cc(N4CCOCC4)ncn3)CC2)c(C)o1. The summed E-state index contributed by atoms with van der Waals surface area (Å²) in [6.07, 6.45) is 1.62. The largest absolute Gasteiger partial charge is 0.466 e. The molecule has 2 fully saturated rings. The molecule has 0 N–H and O–H groups in total. The van der Waals surface area contributed by atoms with Gasteiger partial charge in [0.15, 0.2) is 0 Å². The van der Waals surface area contributed by atoms with E-state index in [2.05, 4.69) is 19.8 Å². The Hall–Kier alpha value is -2.61. The van der Waals surface area contributed by atoms with Crippen molar-refractivity contribution in [3.8, 4) is 0 Å². The van der Waals surface area contributed by atoms with Gasteiger partial charge in [-0.1, -0.05) is 0 Å². The predicted octanol–water partition coefficient (Wildman–Crippen LogP) is 1.49. The Bertz CT molecular complexity index is 807. The second kappa shape index (κ2) is 7.56. The Morgan fingerprint density at radius 1 is 0.926 bits per heavy atom. The highest BCUT2D eigenvalue weighted by Crippen LogP contribution is 2.21. The number of anilines is 2. The van der Waals surface area contributed by atoms with Crippen molar-refractivity contribution in [2.45, 2.75) is 13.8 Å². The Morgan fingerprint density at radius 3 is 2.15 bits per heavy atom. The van der Waals surface area contributed by atoms with Crippen LogP contribution in [-0.2, 0) is 4.74 Å². The quantitative estimate of drug-likeness (QED) is 0.809. The van der Waals surface area contributed by atoms with Gasteiger partial charge in [-0.2, -0.15) is 0 Å². The van der Waals surface area contributed by atoms with Crippen molar-refractivity contribution in [2.24, 2.45) is 0 Å². The zero-order valence-electron chi connectivity index (χ0n) is 15.8. The van der Waals surface area contributed by atoms with Gasteiger partial charge in [-0.3, -0.25) is 4.79 Å². The van der Waals surface area contributed by atoms with E-state index >= 15 is 0 Å². The number of piperazine rings is 1. The second-order valence-corrected chi connectivity index (χ2v) is 6.94. The van der Waals surface area contributed by atoms with Crippen LogP contribution in [0.4, 0.5) is 11.6 Å². The topological polar surface area (TPSA) is 74.9 Å². The normalized spacial score (nSPS) is 18.1. The number of rotatable bonds is 3. The number of furan rings is 1. The Kier molecular flexibility index (Phi) is 4.98. The highest BCUT2D eigenvalue weighted by molar-refractivity contribution is 5.95. The maximum Gasteiger partial charge on any atom is 0.257 e. The number of hydrogen-bond acceptors (Lipinski definition) is 7. The van der Waals surface area contributed by atoms with Gasteiger partial charge in [0, 0.05) is 45.3 Å².